The SMILES string of the molecule is CC(Oc1cc(-c2ccn(C(C)C)n2)cc2ncsc12)C1CNC(=O)C1. The molecule has 7 heteroatoms. The van der Waals surface area contributed by atoms with E-state index in [2.05, 4.69) is 35.3 Å². The molecule has 1 aliphatic heterocycles. The van der Waals surface area contributed by atoms with Gasteiger partial charge in [0, 0.05) is 36.7 Å². The standard InChI is InChI=1S/C19H22N4O2S/c1-11(2)23-5-4-15(22-23)13-6-16-19(26-10-21-16)17(7-13)25-12(3)14-8-18(24)20-9-14/h4-7,10-12,14H,8-9H2,1-3H3,(H,20,24). The summed E-state index contributed by atoms with van der Waals surface area (Å²) in [6.45, 7) is 6.91. The summed E-state index contributed by atoms with van der Waals surface area (Å²) in [5.74, 6) is 1.10. The van der Waals surface area contributed by atoms with Gasteiger partial charge in [-0.15, -0.1) is 11.3 Å². The molecule has 136 valence electrons. The Morgan fingerprint density at radius 2 is 2.19 bits per heavy atom. The summed E-state index contributed by atoms with van der Waals surface area (Å²) in [6, 6.07) is 6.42. The van der Waals surface area contributed by atoms with E-state index in [1.54, 1.807) is 11.3 Å². The number of ether oxygens (including phenoxy) is 1. The minimum absolute atomic E-state index is 0.0530. The topological polar surface area (TPSA) is 69.0 Å². The van der Waals surface area contributed by atoms with Gasteiger partial charge in [-0.25, -0.2) is 4.98 Å². The number of nitrogens with one attached hydrogen (secondary N) is 1. The Morgan fingerprint density at radius 1 is 1.35 bits per heavy atom. The lowest BCUT2D eigenvalue weighted by Gasteiger charge is -2.20. The van der Waals surface area contributed by atoms with E-state index in [4.69, 9.17) is 4.74 Å². The molecule has 1 aromatic carbocycles. The van der Waals surface area contributed by atoms with Crippen molar-refractivity contribution in [1.29, 1.82) is 0 Å². The highest BCUT2D eigenvalue weighted by molar-refractivity contribution is 7.17. The van der Waals surface area contributed by atoms with E-state index in [1.165, 1.54) is 0 Å². The number of carbonyl (C=O) groups excluding carboxylic acids is 1. The summed E-state index contributed by atoms with van der Waals surface area (Å²) in [7, 11) is 0. The maximum atomic E-state index is 11.5. The van der Waals surface area contributed by atoms with Gasteiger partial charge in [0.25, 0.3) is 0 Å². The largest absolute Gasteiger partial charge is 0.489 e. The third-order valence-electron chi connectivity index (χ3n) is 4.82. The molecule has 0 bridgehead atoms. The first-order valence-corrected chi connectivity index (χ1v) is 9.75. The molecule has 1 saturated heterocycles. The van der Waals surface area contributed by atoms with Crippen molar-refractivity contribution < 1.29 is 9.53 Å². The number of benzene rings is 1. The van der Waals surface area contributed by atoms with Crippen LogP contribution in [0.2, 0.25) is 0 Å². The van der Waals surface area contributed by atoms with Crippen LogP contribution in [0.4, 0.5) is 0 Å². The molecule has 0 saturated carbocycles. The molecular formula is C19H22N4O2S. The second kappa shape index (κ2) is 6.72. The maximum Gasteiger partial charge on any atom is 0.220 e. The number of carbonyl (C=O) groups is 1. The monoisotopic (exact) mass is 370 g/mol. The van der Waals surface area contributed by atoms with E-state index in [0.717, 1.165) is 27.2 Å². The van der Waals surface area contributed by atoms with Gasteiger partial charge >= 0.3 is 0 Å². The molecule has 0 spiro atoms. The van der Waals surface area contributed by atoms with Crippen LogP contribution in [0.1, 0.15) is 33.2 Å². The van der Waals surface area contributed by atoms with Crippen molar-refractivity contribution >= 4 is 27.5 Å². The van der Waals surface area contributed by atoms with Crippen LogP contribution in [0.15, 0.2) is 29.9 Å². The smallest absolute Gasteiger partial charge is 0.220 e. The van der Waals surface area contributed by atoms with E-state index in [0.29, 0.717) is 19.0 Å². The fraction of sp³-hybridized carbons (Fsp3) is 0.421. The Labute approximate surface area is 156 Å². The van der Waals surface area contributed by atoms with Crippen LogP contribution in [0.5, 0.6) is 5.75 Å². The van der Waals surface area contributed by atoms with Gasteiger partial charge in [-0.3, -0.25) is 9.48 Å². The predicted molar refractivity (Wildman–Crippen MR) is 102 cm³/mol. The summed E-state index contributed by atoms with van der Waals surface area (Å²) in [4.78, 5) is 16.0. The third-order valence-corrected chi connectivity index (χ3v) is 5.67. The molecule has 1 fully saturated rings. The van der Waals surface area contributed by atoms with Crippen molar-refractivity contribution in [2.45, 2.75) is 39.3 Å². The molecule has 2 aromatic heterocycles. The quantitative estimate of drug-likeness (QED) is 0.744. The number of rotatable bonds is 5. The van der Waals surface area contributed by atoms with Crippen molar-refractivity contribution in [3.05, 3.63) is 29.9 Å². The highest BCUT2D eigenvalue weighted by atomic mass is 32.1. The van der Waals surface area contributed by atoms with Crippen molar-refractivity contribution in [1.82, 2.24) is 20.1 Å². The molecule has 26 heavy (non-hydrogen) atoms. The number of hydrogen-bond donors (Lipinski definition) is 1. The van der Waals surface area contributed by atoms with Crippen molar-refractivity contribution in [3.63, 3.8) is 0 Å². The Morgan fingerprint density at radius 3 is 2.88 bits per heavy atom. The molecule has 1 amide bonds. The highest BCUT2D eigenvalue weighted by Crippen LogP contribution is 2.35. The normalized spacial score (nSPS) is 18.5. The second-order valence-electron chi connectivity index (χ2n) is 7.04. The van der Waals surface area contributed by atoms with Crippen LogP contribution in [0.3, 0.4) is 0 Å². The molecule has 2 atom stereocenters. The van der Waals surface area contributed by atoms with E-state index in [1.807, 2.05) is 35.4 Å². The number of fused-ring (bicyclic) bond motifs is 1. The molecule has 3 aromatic rings. The number of hydrogen-bond acceptors (Lipinski definition) is 5. The van der Waals surface area contributed by atoms with Gasteiger partial charge < -0.3 is 10.1 Å². The van der Waals surface area contributed by atoms with Crippen LogP contribution < -0.4 is 10.1 Å². The number of nitrogens with zero attached hydrogens (tertiary/aromatic N) is 3. The van der Waals surface area contributed by atoms with Gasteiger partial charge in [0.05, 0.1) is 21.4 Å². The van der Waals surface area contributed by atoms with Crippen molar-refractivity contribution in [2.24, 2.45) is 5.92 Å². The van der Waals surface area contributed by atoms with Crippen LogP contribution in [0, 0.1) is 5.92 Å². The average molecular weight is 370 g/mol. The van der Waals surface area contributed by atoms with Crippen LogP contribution in [-0.4, -0.2) is 33.3 Å². The first-order chi connectivity index (χ1) is 12.5. The zero-order valence-electron chi connectivity index (χ0n) is 15.1. The summed E-state index contributed by atoms with van der Waals surface area (Å²) >= 11 is 1.57. The van der Waals surface area contributed by atoms with Gasteiger partial charge in [0.15, 0.2) is 0 Å². The first-order valence-electron chi connectivity index (χ1n) is 8.87. The molecule has 1 N–H and O–H groups in total. The van der Waals surface area contributed by atoms with E-state index in [-0.39, 0.29) is 17.9 Å². The van der Waals surface area contributed by atoms with Crippen LogP contribution in [0.25, 0.3) is 21.5 Å². The molecule has 2 unspecified atom stereocenters. The van der Waals surface area contributed by atoms with E-state index in [9.17, 15) is 4.79 Å². The molecule has 4 rings (SSSR count). The molecule has 0 radical (unpaired) electrons. The molecule has 3 heterocycles. The van der Waals surface area contributed by atoms with E-state index < -0.39 is 0 Å². The highest BCUT2D eigenvalue weighted by Gasteiger charge is 2.28. The fourth-order valence-electron chi connectivity index (χ4n) is 3.21. The number of aromatic nitrogens is 3. The van der Waals surface area contributed by atoms with E-state index >= 15 is 0 Å². The Kier molecular flexibility index (Phi) is 4.40. The zero-order valence-corrected chi connectivity index (χ0v) is 15.9. The van der Waals surface area contributed by atoms with Gasteiger partial charge in [-0.2, -0.15) is 5.10 Å². The first kappa shape index (κ1) is 17.0. The van der Waals surface area contributed by atoms with Gasteiger partial charge in [0.1, 0.15) is 11.9 Å². The molecular weight excluding hydrogens is 348 g/mol. The van der Waals surface area contributed by atoms with Crippen LogP contribution in [-0.2, 0) is 4.79 Å². The fourth-order valence-corrected chi connectivity index (χ4v) is 3.94. The predicted octanol–water partition coefficient (Wildman–Crippen LogP) is 3.64. The van der Waals surface area contributed by atoms with Gasteiger partial charge in [0.2, 0.25) is 5.91 Å². The molecule has 0 aliphatic carbocycles. The third kappa shape index (κ3) is 3.19. The lowest BCUT2D eigenvalue weighted by atomic mass is 10.0. The molecule has 6 nitrogen and oxygen atoms in total. The maximum absolute atomic E-state index is 11.5. The van der Waals surface area contributed by atoms with Gasteiger partial charge in [-0.1, -0.05) is 0 Å². The Bertz CT molecular complexity index is 946. The zero-order chi connectivity index (χ0) is 18.3. The van der Waals surface area contributed by atoms with Crippen molar-refractivity contribution in [3.8, 4) is 17.0 Å². The summed E-state index contributed by atoms with van der Waals surface area (Å²) in [5, 5.41) is 7.54. The summed E-state index contributed by atoms with van der Waals surface area (Å²) in [5.41, 5.74) is 4.64. The minimum Gasteiger partial charge on any atom is -0.489 e. The lowest BCUT2D eigenvalue weighted by molar-refractivity contribution is -0.119. The minimum atomic E-state index is -0.0530. The second-order valence-corrected chi connectivity index (χ2v) is 7.90. The Hall–Kier alpha value is -2.41. The van der Waals surface area contributed by atoms with Crippen LogP contribution >= 0.6 is 11.3 Å². The summed E-state index contributed by atoms with van der Waals surface area (Å²) in [6.07, 6.45) is 2.46. The summed E-state index contributed by atoms with van der Waals surface area (Å²) < 4.78 is 9.25. The number of thiazole rings is 1. The lowest BCUT2D eigenvalue weighted by Crippen LogP contribution is -2.25. The number of amides is 1. The molecule has 1 aliphatic rings. The average Bonchev–Trinajstić information content (AvgIpc) is 3.34. The van der Waals surface area contributed by atoms with Crippen molar-refractivity contribution in [2.75, 3.05) is 6.54 Å². The van der Waals surface area contributed by atoms with Gasteiger partial charge in [-0.05, 0) is 39.0 Å². The Balaban J connectivity index is 1.67.